The molecule has 1 atom stereocenters. The largest absolute Gasteiger partial charge is 0.322 e. The molecule has 1 aliphatic rings. The Morgan fingerprint density at radius 2 is 2.40 bits per heavy atom. The predicted octanol–water partition coefficient (Wildman–Crippen LogP) is 2.74. The number of carbonyl (C=O) groups excluding carboxylic acids is 1. The summed E-state index contributed by atoms with van der Waals surface area (Å²) < 4.78 is 13.3. The van der Waals surface area contributed by atoms with Gasteiger partial charge in [-0.15, -0.1) is 18.3 Å². The highest BCUT2D eigenvalue weighted by atomic mass is 32.2. The Hall–Kier alpha value is -1.29. The van der Waals surface area contributed by atoms with Crippen molar-refractivity contribution in [1.29, 1.82) is 0 Å². The van der Waals surface area contributed by atoms with Crippen LogP contribution < -0.4 is 5.32 Å². The van der Waals surface area contributed by atoms with Crippen molar-refractivity contribution in [3.8, 4) is 0 Å². The predicted molar refractivity (Wildman–Crippen MR) is 60.4 cm³/mol. The summed E-state index contributed by atoms with van der Waals surface area (Å²) in [6.07, 6.45) is 1.73. The van der Waals surface area contributed by atoms with E-state index in [-0.39, 0.29) is 17.0 Å². The van der Waals surface area contributed by atoms with Crippen molar-refractivity contribution in [2.75, 3.05) is 11.1 Å². The van der Waals surface area contributed by atoms with Gasteiger partial charge in [0.05, 0.1) is 5.69 Å². The van der Waals surface area contributed by atoms with Gasteiger partial charge in [-0.05, 0) is 6.07 Å². The van der Waals surface area contributed by atoms with Gasteiger partial charge in [0, 0.05) is 11.3 Å². The number of carbonyl (C=O) groups is 1. The summed E-state index contributed by atoms with van der Waals surface area (Å²) >= 11 is 1.45. The summed E-state index contributed by atoms with van der Waals surface area (Å²) in [5.74, 6) is 0.151. The normalized spacial score (nSPS) is 18.5. The summed E-state index contributed by atoms with van der Waals surface area (Å²) in [7, 11) is 0. The first-order chi connectivity index (χ1) is 7.24. The lowest BCUT2D eigenvalue weighted by Gasteiger charge is -2.05. The topological polar surface area (TPSA) is 29.1 Å². The third-order valence-electron chi connectivity index (χ3n) is 2.20. The van der Waals surface area contributed by atoms with Crippen LogP contribution >= 0.6 is 11.8 Å². The Balaban J connectivity index is 2.33. The molecule has 1 N–H and O–H groups in total. The third-order valence-corrected chi connectivity index (χ3v) is 3.42. The van der Waals surface area contributed by atoms with Gasteiger partial charge in [-0.1, -0.05) is 18.2 Å². The number of fused-ring (bicyclic) bond motifs is 1. The van der Waals surface area contributed by atoms with Crippen LogP contribution in [0.4, 0.5) is 10.1 Å². The fourth-order valence-corrected chi connectivity index (χ4v) is 2.47. The van der Waals surface area contributed by atoms with E-state index in [2.05, 4.69) is 11.9 Å². The van der Waals surface area contributed by atoms with Crippen LogP contribution in [0, 0.1) is 5.82 Å². The standard InChI is InChI=1S/C11H10FNOS/c1-2-6-15-10-7-4-3-5-8(12)9(7)13-11(10)14/h2-5,10H,1,6H2,(H,13,14). The zero-order chi connectivity index (χ0) is 10.8. The third kappa shape index (κ3) is 1.77. The molecule has 1 aliphatic heterocycles. The summed E-state index contributed by atoms with van der Waals surface area (Å²) in [4.78, 5) is 11.6. The first-order valence-electron chi connectivity index (χ1n) is 4.56. The van der Waals surface area contributed by atoms with Gasteiger partial charge in [0.2, 0.25) is 5.91 Å². The molecule has 1 unspecified atom stereocenters. The average molecular weight is 223 g/mol. The number of hydrogen-bond acceptors (Lipinski definition) is 2. The van der Waals surface area contributed by atoms with Crippen LogP contribution in [0.1, 0.15) is 10.8 Å². The van der Waals surface area contributed by atoms with E-state index in [9.17, 15) is 9.18 Å². The van der Waals surface area contributed by atoms with Crippen molar-refractivity contribution in [2.45, 2.75) is 5.25 Å². The first-order valence-corrected chi connectivity index (χ1v) is 5.60. The van der Waals surface area contributed by atoms with Crippen molar-refractivity contribution in [1.82, 2.24) is 0 Å². The number of hydrogen-bond donors (Lipinski definition) is 1. The number of para-hydroxylation sites is 1. The Morgan fingerprint density at radius 3 is 3.13 bits per heavy atom. The lowest BCUT2D eigenvalue weighted by molar-refractivity contribution is -0.115. The number of thioether (sulfide) groups is 1. The minimum Gasteiger partial charge on any atom is -0.322 e. The molecule has 1 amide bonds. The van der Waals surface area contributed by atoms with Gasteiger partial charge in [-0.3, -0.25) is 4.79 Å². The molecule has 0 aliphatic carbocycles. The smallest absolute Gasteiger partial charge is 0.242 e. The molecule has 0 radical (unpaired) electrons. The van der Waals surface area contributed by atoms with Crippen LogP contribution in [0.25, 0.3) is 0 Å². The van der Waals surface area contributed by atoms with Gasteiger partial charge in [-0.2, -0.15) is 0 Å². The quantitative estimate of drug-likeness (QED) is 0.798. The van der Waals surface area contributed by atoms with E-state index in [1.807, 2.05) is 0 Å². The molecule has 0 saturated heterocycles. The molecule has 1 aromatic rings. The molecule has 4 heteroatoms. The second-order valence-electron chi connectivity index (χ2n) is 3.20. The van der Waals surface area contributed by atoms with E-state index >= 15 is 0 Å². The molecule has 0 fully saturated rings. The first kappa shape index (κ1) is 10.2. The van der Waals surface area contributed by atoms with Crippen molar-refractivity contribution >= 4 is 23.4 Å². The second-order valence-corrected chi connectivity index (χ2v) is 4.33. The molecular formula is C11H10FNOS. The minimum atomic E-state index is -0.373. The number of anilines is 1. The molecule has 15 heavy (non-hydrogen) atoms. The van der Waals surface area contributed by atoms with Crippen LogP contribution in [0.15, 0.2) is 30.9 Å². The molecule has 0 spiro atoms. The van der Waals surface area contributed by atoms with Crippen LogP contribution in [0.3, 0.4) is 0 Å². The van der Waals surface area contributed by atoms with E-state index in [0.717, 1.165) is 5.56 Å². The molecule has 0 aromatic heterocycles. The lowest BCUT2D eigenvalue weighted by Crippen LogP contribution is -2.09. The van der Waals surface area contributed by atoms with Crippen molar-refractivity contribution in [3.63, 3.8) is 0 Å². The number of amides is 1. The van der Waals surface area contributed by atoms with E-state index < -0.39 is 0 Å². The second kappa shape index (κ2) is 4.06. The number of halogens is 1. The Morgan fingerprint density at radius 1 is 1.60 bits per heavy atom. The van der Waals surface area contributed by atoms with Crippen LogP contribution in [0.2, 0.25) is 0 Å². The molecule has 0 saturated carbocycles. The van der Waals surface area contributed by atoms with Crippen LogP contribution in [-0.2, 0) is 4.79 Å². The maximum Gasteiger partial charge on any atom is 0.242 e. The van der Waals surface area contributed by atoms with E-state index in [4.69, 9.17) is 0 Å². The summed E-state index contributed by atoms with van der Waals surface area (Å²) in [5, 5.41) is 2.24. The monoisotopic (exact) mass is 223 g/mol. The van der Waals surface area contributed by atoms with Gasteiger partial charge < -0.3 is 5.32 Å². The van der Waals surface area contributed by atoms with Crippen LogP contribution in [-0.4, -0.2) is 11.7 Å². The molecule has 0 bridgehead atoms. The number of nitrogens with one attached hydrogen (secondary N) is 1. The van der Waals surface area contributed by atoms with Gasteiger partial charge in [0.1, 0.15) is 11.1 Å². The summed E-state index contributed by atoms with van der Waals surface area (Å²) in [5.41, 5.74) is 1.05. The fraction of sp³-hybridized carbons (Fsp3) is 0.182. The molecule has 1 heterocycles. The SMILES string of the molecule is C=CCSC1C(=O)Nc2c(F)cccc21. The zero-order valence-electron chi connectivity index (χ0n) is 8.00. The van der Waals surface area contributed by atoms with E-state index in [1.54, 1.807) is 18.2 Å². The van der Waals surface area contributed by atoms with E-state index in [0.29, 0.717) is 11.4 Å². The van der Waals surface area contributed by atoms with Gasteiger partial charge in [0.15, 0.2) is 0 Å². The van der Waals surface area contributed by atoms with Gasteiger partial charge in [0.25, 0.3) is 0 Å². The van der Waals surface area contributed by atoms with Gasteiger partial charge >= 0.3 is 0 Å². The van der Waals surface area contributed by atoms with Crippen molar-refractivity contribution < 1.29 is 9.18 Å². The Bertz CT molecular complexity index is 419. The fourth-order valence-electron chi connectivity index (χ4n) is 1.55. The zero-order valence-corrected chi connectivity index (χ0v) is 8.81. The molecule has 2 nitrogen and oxygen atoms in total. The summed E-state index contributed by atoms with van der Waals surface area (Å²) in [6.45, 7) is 3.59. The number of rotatable bonds is 3. The Labute approximate surface area is 91.6 Å². The van der Waals surface area contributed by atoms with Crippen LogP contribution in [0.5, 0.6) is 0 Å². The molecule has 1 aromatic carbocycles. The highest BCUT2D eigenvalue weighted by Gasteiger charge is 2.32. The maximum absolute atomic E-state index is 13.3. The highest BCUT2D eigenvalue weighted by Crippen LogP contribution is 2.40. The van der Waals surface area contributed by atoms with Gasteiger partial charge in [-0.25, -0.2) is 4.39 Å². The molecule has 78 valence electrons. The summed E-state index contributed by atoms with van der Waals surface area (Å²) in [6, 6.07) is 4.74. The minimum absolute atomic E-state index is 0.151. The maximum atomic E-state index is 13.3. The lowest BCUT2D eigenvalue weighted by atomic mass is 10.1. The van der Waals surface area contributed by atoms with Crippen molar-refractivity contribution in [3.05, 3.63) is 42.2 Å². The number of benzene rings is 1. The molecule has 2 rings (SSSR count). The highest BCUT2D eigenvalue weighted by molar-refractivity contribution is 8.00. The van der Waals surface area contributed by atoms with Crippen molar-refractivity contribution in [2.24, 2.45) is 0 Å². The molecular weight excluding hydrogens is 213 g/mol. The van der Waals surface area contributed by atoms with E-state index in [1.165, 1.54) is 17.8 Å². The Kier molecular flexibility index (Phi) is 2.77. The average Bonchev–Trinajstić information content (AvgIpc) is 2.54.